The van der Waals surface area contributed by atoms with Gasteiger partial charge in [0.15, 0.2) is 0 Å². The van der Waals surface area contributed by atoms with Gasteiger partial charge in [0, 0.05) is 12.6 Å². The lowest BCUT2D eigenvalue weighted by molar-refractivity contribution is 0.444. The van der Waals surface area contributed by atoms with Crippen LogP contribution < -0.4 is 5.32 Å². The molecule has 1 rings (SSSR count). The highest BCUT2D eigenvalue weighted by molar-refractivity contribution is 5.24. The smallest absolute Gasteiger partial charge is 0.102 e. The molecule has 1 atom stereocenters. The molecule has 1 aromatic carbocycles. The summed E-state index contributed by atoms with van der Waals surface area (Å²) < 4.78 is 11.9. The van der Waals surface area contributed by atoms with E-state index in [1.54, 1.807) is 0 Å². The second-order valence-corrected chi connectivity index (χ2v) is 3.46. The molecule has 78 valence electrons. The van der Waals surface area contributed by atoms with Crippen molar-refractivity contribution in [1.29, 1.82) is 0 Å². The third-order valence-electron chi connectivity index (χ3n) is 2.43. The SMILES string of the molecule is CCc1ccc(C(C)NCCF)cc1. The highest BCUT2D eigenvalue weighted by Crippen LogP contribution is 2.13. The minimum atomic E-state index is -0.308. The summed E-state index contributed by atoms with van der Waals surface area (Å²) >= 11 is 0. The monoisotopic (exact) mass is 195 g/mol. The maximum Gasteiger partial charge on any atom is 0.102 e. The summed E-state index contributed by atoms with van der Waals surface area (Å²) in [5, 5.41) is 3.11. The Hall–Kier alpha value is -0.890. The molecule has 0 aliphatic carbocycles. The fourth-order valence-electron chi connectivity index (χ4n) is 1.43. The standard InChI is InChI=1S/C12H18FN/c1-3-11-4-6-12(7-5-11)10(2)14-9-8-13/h4-7,10,14H,3,8-9H2,1-2H3. The lowest BCUT2D eigenvalue weighted by atomic mass is 10.1. The molecular formula is C12H18FN. The third kappa shape index (κ3) is 3.11. The maximum absolute atomic E-state index is 11.9. The van der Waals surface area contributed by atoms with E-state index in [-0.39, 0.29) is 12.7 Å². The zero-order valence-corrected chi connectivity index (χ0v) is 8.89. The number of halogens is 1. The summed E-state index contributed by atoms with van der Waals surface area (Å²) in [7, 11) is 0. The molecule has 1 unspecified atom stereocenters. The first-order valence-corrected chi connectivity index (χ1v) is 5.16. The summed E-state index contributed by atoms with van der Waals surface area (Å²) in [6.07, 6.45) is 1.06. The highest BCUT2D eigenvalue weighted by Gasteiger charge is 2.03. The topological polar surface area (TPSA) is 12.0 Å². The van der Waals surface area contributed by atoms with E-state index in [1.165, 1.54) is 11.1 Å². The first-order chi connectivity index (χ1) is 6.77. The minimum absolute atomic E-state index is 0.233. The fraction of sp³-hybridized carbons (Fsp3) is 0.500. The van der Waals surface area contributed by atoms with Crippen LogP contribution in [0.5, 0.6) is 0 Å². The van der Waals surface area contributed by atoms with Crippen molar-refractivity contribution in [3.8, 4) is 0 Å². The van der Waals surface area contributed by atoms with E-state index in [9.17, 15) is 4.39 Å². The van der Waals surface area contributed by atoms with Crippen LogP contribution in [0.4, 0.5) is 4.39 Å². The van der Waals surface area contributed by atoms with Gasteiger partial charge in [-0.3, -0.25) is 0 Å². The molecule has 0 saturated heterocycles. The van der Waals surface area contributed by atoms with E-state index < -0.39 is 0 Å². The van der Waals surface area contributed by atoms with Crippen molar-refractivity contribution in [2.45, 2.75) is 26.3 Å². The number of hydrogen-bond acceptors (Lipinski definition) is 1. The van der Waals surface area contributed by atoms with Crippen molar-refractivity contribution in [3.05, 3.63) is 35.4 Å². The van der Waals surface area contributed by atoms with E-state index in [2.05, 4.69) is 43.4 Å². The summed E-state index contributed by atoms with van der Waals surface area (Å²) in [4.78, 5) is 0. The van der Waals surface area contributed by atoms with E-state index in [0.29, 0.717) is 6.54 Å². The van der Waals surface area contributed by atoms with Crippen molar-refractivity contribution in [2.75, 3.05) is 13.2 Å². The Morgan fingerprint density at radius 2 is 1.93 bits per heavy atom. The lowest BCUT2D eigenvalue weighted by Crippen LogP contribution is -2.20. The Bertz CT molecular complexity index is 256. The Balaban J connectivity index is 2.57. The van der Waals surface area contributed by atoms with E-state index in [4.69, 9.17) is 0 Å². The Labute approximate surface area is 85.3 Å². The van der Waals surface area contributed by atoms with Gasteiger partial charge in [-0.15, -0.1) is 0 Å². The largest absolute Gasteiger partial charge is 0.308 e. The summed E-state index contributed by atoms with van der Waals surface area (Å²) in [5.74, 6) is 0. The van der Waals surface area contributed by atoms with Crippen LogP contribution in [-0.2, 0) is 6.42 Å². The number of benzene rings is 1. The predicted octanol–water partition coefficient (Wildman–Crippen LogP) is 2.87. The number of aryl methyl sites for hydroxylation is 1. The Kier molecular flexibility index (Phi) is 4.60. The third-order valence-corrected chi connectivity index (χ3v) is 2.43. The van der Waals surface area contributed by atoms with E-state index in [0.717, 1.165) is 6.42 Å². The van der Waals surface area contributed by atoms with Crippen molar-refractivity contribution >= 4 is 0 Å². The summed E-state index contributed by atoms with van der Waals surface area (Å²) in [6, 6.07) is 8.70. The Morgan fingerprint density at radius 1 is 1.29 bits per heavy atom. The van der Waals surface area contributed by atoms with Crippen molar-refractivity contribution < 1.29 is 4.39 Å². The number of nitrogens with one attached hydrogen (secondary N) is 1. The number of rotatable bonds is 5. The van der Waals surface area contributed by atoms with Crippen molar-refractivity contribution in [3.63, 3.8) is 0 Å². The fourth-order valence-corrected chi connectivity index (χ4v) is 1.43. The van der Waals surface area contributed by atoms with Gasteiger partial charge in [0.05, 0.1) is 0 Å². The van der Waals surface area contributed by atoms with Crippen molar-refractivity contribution in [2.24, 2.45) is 0 Å². The molecule has 0 heterocycles. The van der Waals surface area contributed by atoms with Gasteiger partial charge in [0.25, 0.3) is 0 Å². The first kappa shape index (κ1) is 11.2. The molecule has 0 fully saturated rings. The van der Waals surface area contributed by atoms with Gasteiger partial charge < -0.3 is 5.32 Å². The quantitative estimate of drug-likeness (QED) is 0.761. The van der Waals surface area contributed by atoms with Gasteiger partial charge in [-0.1, -0.05) is 31.2 Å². The molecule has 1 N–H and O–H groups in total. The first-order valence-electron chi connectivity index (χ1n) is 5.16. The van der Waals surface area contributed by atoms with Gasteiger partial charge in [0.2, 0.25) is 0 Å². The number of alkyl halides is 1. The van der Waals surface area contributed by atoms with Gasteiger partial charge in [-0.25, -0.2) is 4.39 Å². The van der Waals surface area contributed by atoms with Crippen LogP contribution in [0.2, 0.25) is 0 Å². The van der Waals surface area contributed by atoms with Crippen molar-refractivity contribution in [1.82, 2.24) is 5.32 Å². The maximum atomic E-state index is 11.9. The molecule has 0 amide bonds. The van der Waals surface area contributed by atoms with Gasteiger partial charge in [0.1, 0.15) is 6.67 Å². The summed E-state index contributed by atoms with van der Waals surface area (Å²) in [5.41, 5.74) is 2.56. The zero-order chi connectivity index (χ0) is 10.4. The molecule has 0 aliphatic heterocycles. The normalized spacial score (nSPS) is 12.8. The molecule has 1 nitrogen and oxygen atoms in total. The lowest BCUT2D eigenvalue weighted by Gasteiger charge is -2.13. The van der Waals surface area contributed by atoms with Crippen LogP contribution in [0.25, 0.3) is 0 Å². The van der Waals surface area contributed by atoms with Crippen LogP contribution in [0, 0.1) is 0 Å². The molecular weight excluding hydrogens is 177 g/mol. The zero-order valence-electron chi connectivity index (χ0n) is 8.89. The molecule has 2 heteroatoms. The molecule has 0 aromatic heterocycles. The number of hydrogen-bond donors (Lipinski definition) is 1. The second-order valence-electron chi connectivity index (χ2n) is 3.46. The van der Waals surface area contributed by atoms with Gasteiger partial charge in [-0.2, -0.15) is 0 Å². The average Bonchev–Trinajstić information content (AvgIpc) is 2.26. The summed E-state index contributed by atoms with van der Waals surface area (Å²) in [6.45, 7) is 4.31. The molecule has 14 heavy (non-hydrogen) atoms. The second kappa shape index (κ2) is 5.76. The molecule has 1 aromatic rings. The average molecular weight is 195 g/mol. The minimum Gasteiger partial charge on any atom is -0.308 e. The Morgan fingerprint density at radius 3 is 2.43 bits per heavy atom. The van der Waals surface area contributed by atoms with Crippen LogP contribution in [-0.4, -0.2) is 13.2 Å². The molecule has 0 spiro atoms. The van der Waals surface area contributed by atoms with Crippen LogP contribution in [0.1, 0.15) is 31.0 Å². The molecule has 0 radical (unpaired) electrons. The van der Waals surface area contributed by atoms with Crippen LogP contribution >= 0.6 is 0 Å². The molecule has 0 saturated carbocycles. The van der Waals surface area contributed by atoms with E-state index >= 15 is 0 Å². The van der Waals surface area contributed by atoms with E-state index in [1.807, 2.05) is 0 Å². The van der Waals surface area contributed by atoms with Crippen LogP contribution in [0.15, 0.2) is 24.3 Å². The molecule has 0 aliphatic rings. The van der Waals surface area contributed by atoms with Gasteiger partial charge >= 0.3 is 0 Å². The van der Waals surface area contributed by atoms with Crippen LogP contribution in [0.3, 0.4) is 0 Å². The molecule has 0 bridgehead atoms. The predicted molar refractivity (Wildman–Crippen MR) is 58.2 cm³/mol. The highest BCUT2D eigenvalue weighted by atomic mass is 19.1. The van der Waals surface area contributed by atoms with Gasteiger partial charge in [-0.05, 0) is 24.5 Å².